The number of carboxylic acids is 1. The van der Waals surface area contributed by atoms with Gasteiger partial charge in [-0.15, -0.1) is 26.2 Å². The summed E-state index contributed by atoms with van der Waals surface area (Å²) in [6.07, 6.45) is -1.34. The number of alkyl halides is 3. The van der Waals surface area contributed by atoms with E-state index in [2.05, 4.69) is 40.8 Å². The highest BCUT2D eigenvalue weighted by Crippen LogP contribution is 2.25. The predicted molar refractivity (Wildman–Crippen MR) is 172 cm³/mol. The summed E-state index contributed by atoms with van der Waals surface area (Å²) in [6, 6.07) is 5.06. The molecule has 1 saturated heterocycles. The number of nitrogens with zero attached hydrogens (tertiary/aromatic N) is 8. The van der Waals surface area contributed by atoms with Crippen LogP contribution in [0.2, 0.25) is 0 Å². The maximum absolute atomic E-state index is 13.2. The smallest absolute Gasteiger partial charge is 0.430 e. The molecule has 53 heavy (non-hydrogen) atoms. The highest BCUT2D eigenvalue weighted by molar-refractivity contribution is 7.84. The second kappa shape index (κ2) is 16.7. The molecule has 2 amide bonds. The molecule has 21 nitrogen and oxygen atoms in total. The molecule has 1 unspecified atom stereocenters. The van der Waals surface area contributed by atoms with Crippen LogP contribution in [0.1, 0.15) is 31.0 Å². The van der Waals surface area contributed by atoms with Crippen molar-refractivity contribution in [3.8, 4) is 16.9 Å². The fourth-order valence-electron chi connectivity index (χ4n) is 4.59. The van der Waals surface area contributed by atoms with Gasteiger partial charge in [0.1, 0.15) is 30.1 Å². The van der Waals surface area contributed by atoms with Crippen molar-refractivity contribution < 1.29 is 59.9 Å². The summed E-state index contributed by atoms with van der Waals surface area (Å²) in [7, 11) is -2.83. The topological polar surface area (TPSA) is 303 Å². The number of amides is 2. The molecule has 5 rings (SSSR count). The van der Waals surface area contributed by atoms with Gasteiger partial charge in [0.15, 0.2) is 17.9 Å². The molecule has 26 heteroatoms. The van der Waals surface area contributed by atoms with Crippen LogP contribution in [0.5, 0.6) is 5.75 Å². The minimum absolute atomic E-state index is 0.0275. The van der Waals surface area contributed by atoms with E-state index in [0.717, 1.165) is 35.4 Å². The first-order valence-corrected chi connectivity index (χ1v) is 17.3. The van der Waals surface area contributed by atoms with E-state index in [1.54, 1.807) is 12.1 Å². The Kier molecular flexibility index (Phi) is 12.6. The van der Waals surface area contributed by atoms with Gasteiger partial charge in [0, 0.05) is 5.38 Å². The average Bonchev–Trinajstić information content (AvgIpc) is 3.86. The van der Waals surface area contributed by atoms with Crippen LogP contribution in [-0.2, 0) is 43.1 Å². The number of rotatable bonds is 14. The third-order valence-electron chi connectivity index (χ3n) is 7.20. The van der Waals surface area contributed by atoms with Crippen LogP contribution in [0.3, 0.4) is 0 Å². The second-order valence-electron chi connectivity index (χ2n) is 10.9. The number of ether oxygens (including phenoxy) is 1. The Morgan fingerprint density at radius 3 is 2.47 bits per heavy atom. The molecule has 0 radical (unpaired) electrons. The maximum atomic E-state index is 13.2. The molecule has 0 bridgehead atoms. The lowest BCUT2D eigenvalue weighted by Gasteiger charge is -2.42. The molecule has 286 valence electrons. The zero-order valence-electron chi connectivity index (χ0n) is 27.5. The number of aliphatic carboxylic acids is 1. The fraction of sp³-hybridized carbons (Fsp3) is 0.370. The van der Waals surface area contributed by atoms with Gasteiger partial charge in [0.25, 0.3) is 11.8 Å². The third-order valence-corrected chi connectivity index (χ3v) is 8.89. The number of β-lactam (4-membered cyclic amide) rings is 1. The van der Waals surface area contributed by atoms with Crippen molar-refractivity contribution in [1.29, 1.82) is 0 Å². The van der Waals surface area contributed by atoms with Crippen LogP contribution < -0.4 is 31.3 Å². The van der Waals surface area contributed by atoms with E-state index >= 15 is 0 Å². The van der Waals surface area contributed by atoms with Crippen molar-refractivity contribution in [2.75, 3.05) is 18.9 Å². The van der Waals surface area contributed by atoms with Crippen LogP contribution >= 0.6 is 11.3 Å². The van der Waals surface area contributed by atoms with Gasteiger partial charge in [0.2, 0.25) is 18.1 Å². The first-order valence-electron chi connectivity index (χ1n) is 15.0. The SMILES string of the molecule is C[C@H]1[C@H](NC(=O)C(=NOC(COc2ccc(-c3cn(CCCN)[n+](C)c3)cc2)c2nn[nH]n2)c2csc(N)n2)C(=O)N1S(=O)(=O)O.O=C([O-])C(F)(F)F. The Bertz CT molecular complexity index is 2040. The standard InChI is InChI=1S/C25H30N12O7S2.C2HF3O2/c1-14-20(24(39)37(14)46(40,41)42)29-23(38)21(18-13-45-25(27)28-18)32-44-19(22-30-33-34-31-22)12-43-17-6-4-15(5-7-17)16-10-35(2)36(11-16)9-3-8-26;3-2(4,5)1(6)7/h4-7,10-11,13-14,19-20H,3,8-9,12,26H2,1-2H3,(H4-,27,28,29,30,31,33,34,38,40,41,42);(H,6,7)/t14-,19?,20-;/m0./s1. The fourth-order valence-corrected chi connectivity index (χ4v) is 6.02. The number of H-pyrrole nitrogens is 1. The molecule has 1 fully saturated rings. The van der Waals surface area contributed by atoms with Gasteiger partial charge in [0.05, 0.1) is 24.3 Å². The van der Waals surface area contributed by atoms with Gasteiger partial charge >= 0.3 is 16.5 Å². The number of halogens is 3. The molecule has 7 N–H and O–H groups in total. The number of hydrogen-bond acceptors (Lipinski definition) is 16. The molecule has 1 aliphatic heterocycles. The van der Waals surface area contributed by atoms with Crippen LogP contribution in [0, 0.1) is 0 Å². The molecule has 4 aromatic rings. The number of aryl methyl sites for hydroxylation is 2. The lowest BCUT2D eigenvalue weighted by molar-refractivity contribution is -0.753. The van der Waals surface area contributed by atoms with Crippen LogP contribution in [0.15, 0.2) is 47.2 Å². The van der Waals surface area contributed by atoms with Crippen molar-refractivity contribution in [2.24, 2.45) is 17.9 Å². The van der Waals surface area contributed by atoms with Crippen LogP contribution in [0.4, 0.5) is 18.3 Å². The Balaban J connectivity index is 0.000000815. The number of thiazole rings is 1. The first-order chi connectivity index (χ1) is 24.9. The number of anilines is 1. The summed E-state index contributed by atoms with van der Waals surface area (Å²) in [4.78, 5) is 44.1. The van der Waals surface area contributed by atoms with Crippen molar-refractivity contribution in [2.45, 2.75) is 44.3 Å². The molecule has 3 atom stereocenters. The number of oxime groups is 1. The number of aromatic amines is 1. The number of carbonyl (C=O) groups excluding carboxylic acids is 3. The van der Waals surface area contributed by atoms with E-state index in [1.807, 2.05) is 36.3 Å². The highest BCUT2D eigenvalue weighted by atomic mass is 32.2. The number of nitrogen functional groups attached to an aromatic ring is 1. The summed E-state index contributed by atoms with van der Waals surface area (Å²) in [5.41, 5.74) is 13.0. The van der Waals surface area contributed by atoms with Crippen molar-refractivity contribution in [1.82, 2.24) is 39.9 Å². The lowest BCUT2D eigenvalue weighted by atomic mass is 10.0. The Morgan fingerprint density at radius 2 is 1.94 bits per heavy atom. The van der Waals surface area contributed by atoms with E-state index < -0.39 is 52.5 Å². The monoisotopic (exact) mass is 788 g/mol. The van der Waals surface area contributed by atoms with Crippen LogP contribution in [0.25, 0.3) is 11.1 Å². The molecule has 0 saturated carbocycles. The van der Waals surface area contributed by atoms with Crippen molar-refractivity contribution in [3.05, 3.63) is 53.6 Å². The molecule has 0 spiro atoms. The molecular weight excluding hydrogens is 758 g/mol. The van der Waals surface area contributed by atoms with Gasteiger partial charge < -0.3 is 36.3 Å². The van der Waals surface area contributed by atoms with E-state index in [4.69, 9.17) is 30.9 Å². The number of nitrogens with two attached hydrogens (primary N) is 2. The van der Waals surface area contributed by atoms with Gasteiger partial charge in [-0.3, -0.25) is 14.1 Å². The zero-order chi connectivity index (χ0) is 39.1. The summed E-state index contributed by atoms with van der Waals surface area (Å²) < 4.78 is 73.9. The minimum Gasteiger partial charge on any atom is -0.542 e. The largest absolute Gasteiger partial charge is 0.542 e. The van der Waals surface area contributed by atoms with Crippen LogP contribution in [-0.4, -0.2) is 102 Å². The summed E-state index contributed by atoms with van der Waals surface area (Å²) in [6.45, 7) is 2.59. The van der Waals surface area contributed by atoms with Gasteiger partial charge in [-0.1, -0.05) is 22.5 Å². The maximum Gasteiger partial charge on any atom is 0.430 e. The van der Waals surface area contributed by atoms with Gasteiger partial charge in [-0.25, -0.2) is 9.29 Å². The molecular formula is C27H31F3N12O9S2. The molecule has 1 aliphatic rings. The minimum atomic E-state index is -5.19. The highest BCUT2D eigenvalue weighted by Gasteiger charge is 2.51. The van der Waals surface area contributed by atoms with Gasteiger partial charge in [-0.2, -0.15) is 31.5 Å². The molecule has 1 aromatic carbocycles. The third kappa shape index (κ3) is 10.2. The van der Waals surface area contributed by atoms with Crippen molar-refractivity contribution >= 4 is 50.3 Å². The number of aromatic nitrogens is 7. The number of tetrazole rings is 1. The van der Waals surface area contributed by atoms with E-state index in [-0.39, 0.29) is 33.3 Å². The summed E-state index contributed by atoms with van der Waals surface area (Å²) in [5.74, 6) is -4.38. The van der Waals surface area contributed by atoms with Gasteiger partial charge in [-0.05, 0) is 37.6 Å². The van der Waals surface area contributed by atoms with Crippen molar-refractivity contribution in [3.63, 3.8) is 0 Å². The number of nitrogens with one attached hydrogen (secondary N) is 2. The molecule has 4 heterocycles. The summed E-state index contributed by atoms with van der Waals surface area (Å²) in [5, 5.41) is 30.5. The number of hydrogen-bond donors (Lipinski definition) is 5. The average molecular weight is 789 g/mol. The number of carbonyl (C=O) groups is 3. The van der Waals surface area contributed by atoms with E-state index in [9.17, 15) is 35.7 Å². The zero-order valence-corrected chi connectivity index (χ0v) is 29.1. The lowest BCUT2D eigenvalue weighted by Crippen LogP contribution is -2.71. The summed E-state index contributed by atoms with van der Waals surface area (Å²) >= 11 is 1.03. The first kappa shape index (κ1) is 40.0. The second-order valence-corrected chi connectivity index (χ2v) is 13.1. The number of benzene rings is 1. The Hall–Kier alpha value is -5.73. The molecule has 3 aromatic heterocycles. The van der Waals surface area contributed by atoms with E-state index in [1.165, 1.54) is 12.3 Å². The normalized spacial score (nSPS) is 16.6. The van der Waals surface area contributed by atoms with E-state index in [0.29, 0.717) is 12.3 Å². The predicted octanol–water partition coefficient (Wildman–Crippen LogP) is -1.76. The number of carboxylic acid groups (broad SMARTS) is 1. The Labute approximate surface area is 301 Å². The molecule has 0 aliphatic carbocycles. The quantitative estimate of drug-likeness (QED) is 0.0311. The Morgan fingerprint density at radius 1 is 1.26 bits per heavy atom.